The van der Waals surface area contributed by atoms with Gasteiger partial charge in [-0.3, -0.25) is 4.79 Å². The summed E-state index contributed by atoms with van der Waals surface area (Å²) in [6, 6.07) is 15.5. The third kappa shape index (κ3) is 1.73. The largest absolute Gasteiger partial charge is 0.338 e. The fourth-order valence-corrected chi connectivity index (χ4v) is 1.94. The van der Waals surface area contributed by atoms with Gasteiger partial charge in [-0.25, -0.2) is 4.98 Å². The van der Waals surface area contributed by atoms with Crippen molar-refractivity contribution in [2.75, 3.05) is 5.32 Å². The molecule has 0 saturated heterocycles. The fourth-order valence-electron chi connectivity index (χ4n) is 1.94. The lowest BCUT2D eigenvalue weighted by atomic mass is 10.2. The molecule has 0 aliphatic heterocycles. The molecule has 0 spiro atoms. The molecule has 0 bridgehead atoms. The number of fused-ring (bicyclic) bond motifs is 1. The number of nitrogens with one attached hydrogen (secondary N) is 2. The number of H-pyrrole nitrogens is 1. The Labute approximate surface area is 104 Å². The molecule has 1 amide bonds. The SMILES string of the molecule is O=CNc1cccc2[nH]c(-c3ccccc3)nc12. The molecular weight excluding hydrogens is 226 g/mol. The summed E-state index contributed by atoms with van der Waals surface area (Å²) in [6.07, 6.45) is 0.658. The third-order valence-electron chi connectivity index (χ3n) is 2.77. The highest BCUT2D eigenvalue weighted by Gasteiger charge is 2.07. The number of para-hydroxylation sites is 1. The van der Waals surface area contributed by atoms with E-state index in [-0.39, 0.29) is 0 Å². The highest BCUT2D eigenvalue weighted by Crippen LogP contribution is 2.25. The molecule has 2 N–H and O–H groups in total. The Morgan fingerprint density at radius 3 is 2.67 bits per heavy atom. The van der Waals surface area contributed by atoms with Crippen LogP contribution in [0.3, 0.4) is 0 Å². The van der Waals surface area contributed by atoms with E-state index < -0.39 is 0 Å². The van der Waals surface area contributed by atoms with Crippen molar-refractivity contribution in [1.82, 2.24) is 9.97 Å². The summed E-state index contributed by atoms with van der Waals surface area (Å²) >= 11 is 0. The Bertz CT molecular complexity index is 689. The highest BCUT2D eigenvalue weighted by atomic mass is 16.1. The molecule has 0 atom stereocenters. The number of rotatable bonds is 3. The van der Waals surface area contributed by atoms with Gasteiger partial charge >= 0.3 is 0 Å². The molecule has 4 heteroatoms. The number of hydrogen-bond donors (Lipinski definition) is 2. The number of nitrogens with zero attached hydrogens (tertiary/aromatic N) is 1. The average molecular weight is 237 g/mol. The summed E-state index contributed by atoms with van der Waals surface area (Å²) < 4.78 is 0. The molecule has 3 rings (SSSR count). The third-order valence-corrected chi connectivity index (χ3v) is 2.77. The second-order valence-corrected chi connectivity index (χ2v) is 3.92. The van der Waals surface area contributed by atoms with E-state index >= 15 is 0 Å². The molecule has 4 nitrogen and oxygen atoms in total. The first-order valence-corrected chi connectivity index (χ1v) is 5.63. The Morgan fingerprint density at radius 1 is 1.06 bits per heavy atom. The molecule has 0 aliphatic carbocycles. The quantitative estimate of drug-likeness (QED) is 0.688. The maximum absolute atomic E-state index is 10.5. The number of imidazole rings is 1. The maximum atomic E-state index is 10.5. The second-order valence-electron chi connectivity index (χ2n) is 3.92. The predicted molar refractivity (Wildman–Crippen MR) is 71.2 cm³/mol. The topological polar surface area (TPSA) is 57.8 Å². The van der Waals surface area contributed by atoms with Crippen LogP contribution >= 0.6 is 0 Å². The molecule has 1 aromatic heterocycles. The number of aromatic nitrogens is 2. The van der Waals surface area contributed by atoms with Gasteiger partial charge < -0.3 is 10.3 Å². The van der Waals surface area contributed by atoms with E-state index in [0.29, 0.717) is 12.1 Å². The fraction of sp³-hybridized carbons (Fsp3) is 0. The van der Waals surface area contributed by atoms with Crippen molar-refractivity contribution in [2.45, 2.75) is 0 Å². The van der Waals surface area contributed by atoms with E-state index in [2.05, 4.69) is 15.3 Å². The Hall–Kier alpha value is -2.62. The van der Waals surface area contributed by atoms with Crippen molar-refractivity contribution < 1.29 is 4.79 Å². The molecule has 18 heavy (non-hydrogen) atoms. The monoisotopic (exact) mass is 237 g/mol. The second kappa shape index (κ2) is 4.33. The first-order chi connectivity index (χ1) is 8.88. The van der Waals surface area contributed by atoms with Crippen LogP contribution in [0.5, 0.6) is 0 Å². The van der Waals surface area contributed by atoms with Crippen LogP contribution in [-0.4, -0.2) is 16.4 Å². The number of anilines is 1. The van der Waals surface area contributed by atoms with Crippen LogP contribution in [0.2, 0.25) is 0 Å². The van der Waals surface area contributed by atoms with Crippen molar-refractivity contribution in [3.05, 3.63) is 48.5 Å². The van der Waals surface area contributed by atoms with Gasteiger partial charge in [0.05, 0.1) is 11.2 Å². The maximum Gasteiger partial charge on any atom is 0.211 e. The Kier molecular flexibility index (Phi) is 2.53. The molecule has 2 aromatic carbocycles. The van der Waals surface area contributed by atoms with Crippen molar-refractivity contribution in [3.63, 3.8) is 0 Å². The molecule has 0 aliphatic rings. The summed E-state index contributed by atoms with van der Waals surface area (Å²) in [7, 11) is 0. The van der Waals surface area contributed by atoms with Crippen molar-refractivity contribution >= 4 is 23.1 Å². The number of amides is 1. The van der Waals surface area contributed by atoms with Gasteiger partial charge in [-0.15, -0.1) is 0 Å². The Morgan fingerprint density at radius 2 is 1.89 bits per heavy atom. The molecular formula is C14H11N3O. The zero-order chi connectivity index (χ0) is 12.4. The van der Waals surface area contributed by atoms with E-state index in [1.54, 1.807) is 0 Å². The lowest BCUT2D eigenvalue weighted by molar-refractivity contribution is -0.105. The van der Waals surface area contributed by atoms with Crippen molar-refractivity contribution in [2.24, 2.45) is 0 Å². The molecule has 0 radical (unpaired) electrons. The number of aromatic amines is 1. The summed E-state index contributed by atoms with van der Waals surface area (Å²) in [5.41, 5.74) is 3.40. The molecule has 3 aromatic rings. The minimum Gasteiger partial charge on any atom is -0.338 e. The van der Waals surface area contributed by atoms with E-state index in [1.807, 2.05) is 48.5 Å². The normalized spacial score (nSPS) is 10.4. The summed E-state index contributed by atoms with van der Waals surface area (Å²) in [4.78, 5) is 18.3. The van der Waals surface area contributed by atoms with Gasteiger partial charge in [-0.2, -0.15) is 0 Å². The zero-order valence-electron chi connectivity index (χ0n) is 9.55. The van der Waals surface area contributed by atoms with Crippen LogP contribution in [0.15, 0.2) is 48.5 Å². The number of benzene rings is 2. The minimum atomic E-state index is 0.658. The van der Waals surface area contributed by atoms with Crippen LogP contribution in [-0.2, 0) is 4.79 Å². The summed E-state index contributed by atoms with van der Waals surface area (Å²) in [5, 5.41) is 2.65. The van der Waals surface area contributed by atoms with Crippen LogP contribution < -0.4 is 5.32 Å². The minimum absolute atomic E-state index is 0.658. The van der Waals surface area contributed by atoms with Crippen LogP contribution in [0.4, 0.5) is 5.69 Å². The van der Waals surface area contributed by atoms with Gasteiger partial charge in [-0.1, -0.05) is 36.4 Å². The Balaban J connectivity index is 2.17. The van der Waals surface area contributed by atoms with E-state index in [4.69, 9.17) is 0 Å². The standard InChI is InChI=1S/C14H11N3O/c18-9-15-11-7-4-8-12-13(11)17-14(16-12)10-5-2-1-3-6-10/h1-9H,(H,15,18)(H,16,17). The predicted octanol–water partition coefficient (Wildman–Crippen LogP) is 2.80. The lowest BCUT2D eigenvalue weighted by Crippen LogP contribution is -1.93. The van der Waals surface area contributed by atoms with Gasteiger partial charge in [0, 0.05) is 5.56 Å². The lowest BCUT2D eigenvalue weighted by Gasteiger charge is -1.97. The molecule has 88 valence electrons. The highest BCUT2D eigenvalue weighted by molar-refractivity contribution is 5.94. The van der Waals surface area contributed by atoms with Gasteiger partial charge in [0.15, 0.2) is 0 Å². The number of hydrogen-bond acceptors (Lipinski definition) is 2. The van der Waals surface area contributed by atoms with Crippen LogP contribution in [0.25, 0.3) is 22.4 Å². The van der Waals surface area contributed by atoms with Crippen molar-refractivity contribution in [1.29, 1.82) is 0 Å². The first-order valence-electron chi connectivity index (χ1n) is 5.63. The molecule has 1 heterocycles. The van der Waals surface area contributed by atoms with Gasteiger partial charge in [0.2, 0.25) is 6.41 Å². The molecule has 0 unspecified atom stereocenters. The van der Waals surface area contributed by atoms with Gasteiger partial charge in [-0.05, 0) is 12.1 Å². The first kappa shape index (κ1) is 10.5. The van der Waals surface area contributed by atoms with Crippen LogP contribution in [0, 0.1) is 0 Å². The van der Waals surface area contributed by atoms with Crippen molar-refractivity contribution in [3.8, 4) is 11.4 Å². The molecule has 0 saturated carbocycles. The summed E-state index contributed by atoms with van der Waals surface area (Å²) in [6.45, 7) is 0. The van der Waals surface area contributed by atoms with Gasteiger partial charge in [0.1, 0.15) is 11.3 Å². The van der Waals surface area contributed by atoms with Crippen LogP contribution in [0.1, 0.15) is 0 Å². The van der Waals surface area contributed by atoms with E-state index in [0.717, 1.165) is 22.4 Å². The number of carbonyl (C=O) groups is 1. The average Bonchev–Trinajstić information content (AvgIpc) is 2.85. The van der Waals surface area contributed by atoms with E-state index in [1.165, 1.54) is 0 Å². The van der Waals surface area contributed by atoms with Gasteiger partial charge in [0.25, 0.3) is 0 Å². The smallest absolute Gasteiger partial charge is 0.211 e. The summed E-state index contributed by atoms with van der Waals surface area (Å²) in [5.74, 6) is 0.797. The number of carbonyl (C=O) groups excluding carboxylic acids is 1. The zero-order valence-corrected chi connectivity index (χ0v) is 9.55. The molecule has 0 fully saturated rings. The van der Waals surface area contributed by atoms with E-state index in [9.17, 15) is 4.79 Å².